The molecule has 0 aromatic heterocycles. The molecule has 0 saturated carbocycles. The first-order valence-corrected chi connectivity index (χ1v) is 6.48. The third-order valence-electron chi connectivity index (χ3n) is 2.67. The van der Waals surface area contributed by atoms with Gasteiger partial charge in [0.25, 0.3) is 11.6 Å². The fourth-order valence-corrected chi connectivity index (χ4v) is 2.31. The molecule has 0 atom stereocenters. The number of non-ortho nitro benzene ring substituents is 1. The van der Waals surface area contributed by atoms with Crippen LogP contribution in [0.15, 0.2) is 30.3 Å². The van der Waals surface area contributed by atoms with E-state index in [1.165, 1.54) is 0 Å². The summed E-state index contributed by atoms with van der Waals surface area (Å²) in [7, 11) is 0. The third-order valence-corrected chi connectivity index (χ3v) is 3.27. The summed E-state index contributed by atoms with van der Waals surface area (Å²) < 4.78 is 13.1. The Labute approximate surface area is 133 Å². The fraction of sp³-hybridized carbons (Fsp3) is 0. The molecule has 2 aromatic carbocycles. The van der Waals surface area contributed by atoms with Gasteiger partial charge in [0.15, 0.2) is 0 Å². The maximum Gasteiger partial charge on any atom is 0.271 e. The SMILES string of the molecule is O=C(Nc1cc([N+](=O)[O-])ccc1O)c1c(Cl)cc(F)cc1Cl. The normalized spacial score (nSPS) is 10.3. The Morgan fingerprint density at radius 2 is 1.82 bits per heavy atom. The van der Waals surface area contributed by atoms with Gasteiger partial charge in [-0.2, -0.15) is 0 Å². The minimum absolute atomic E-state index is 0.198. The number of phenols is 1. The van der Waals surface area contributed by atoms with Crippen LogP contribution in [0, 0.1) is 15.9 Å². The second kappa shape index (κ2) is 6.17. The Kier molecular flexibility index (Phi) is 4.48. The summed E-state index contributed by atoms with van der Waals surface area (Å²) in [5.41, 5.74) is -0.740. The highest BCUT2D eigenvalue weighted by molar-refractivity contribution is 6.40. The Morgan fingerprint density at radius 1 is 1.23 bits per heavy atom. The standard InChI is InChI=1S/C13H7Cl2FN2O4/c14-8-3-6(16)4-9(15)12(8)13(20)17-10-5-7(18(21)22)1-2-11(10)19/h1-5,19H,(H,17,20). The van der Waals surface area contributed by atoms with E-state index >= 15 is 0 Å². The van der Waals surface area contributed by atoms with Crippen LogP contribution in [0.3, 0.4) is 0 Å². The van der Waals surface area contributed by atoms with Crippen molar-refractivity contribution >= 4 is 40.5 Å². The number of hydrogen-bond acceptors (Lipinski definition) is 4. The molecule has 114 valence electrons. The first-order valence-electron chi connectivity index (χ1n) is 5.73. The number of aromatic hydroxyl groups is 1. The van der Waals surface area contributed by atoms with E-state index < -0.39 is 16.6 Å². The minimum Gasteiger partial charge on any atom is -0.506 e. The Hall–Kier alpha value is -2.38. The molecule has 0 unspecified atom stereocenters. The summed E-state index contributed by atoms with van der Waals surface area (Å²) in [6.07, 6.45) is 0. The van der Waals surface area contributed by atoms with Crippen LogP contribution in [-0.4, -0.2) is 15.9 Å². The quantitative estimate of drug-likeness (QED) is 0.500. The van der Waals surface area contributed by atoms with Crippen LogP contribution >= 0.6 is 23.2 Å². The summed E-state index contributed by atoms with van der Waals surface area (Å²) in [6, 6.07) is 4.90. The summed E-state index contributed by atoms with van der Waals surface area (Å²) in [5, 5.41) is 22.1. The number of halogens is 3. The molecule has 0 saturated heterocycles. The lowest BCUT2D eigenvalue weighted by molar-refractivity contribution is -0.384. The largest absolute Gasteiger partial charge is 0.506 e. The maximum absolute atomic E-state index is 13.1. The van der Waals surface area contributed by atoms with Gasteiger partial charge < -0.3 is 10.4 Å². The van der Waals surface area contributed by atoms with Crippen LogP contribution in [0.5, 0.6) is 5.75 Å². The Bertz CT molecular complexity index is 760. The molecule has 0 radical (unpaired) electrons. The van der Waals surface area contributed by atoms with Gasteiger partial charge in [-0.05, 0) is 18.2 Å². The Morgan fingerprint density at radius 3 is 2.36 bits per heavy atom. The van der Waals surface area contributed by atoms with Gasteiger partial charge in [-0.3, -0.25) is 14.9 Å². The van der Waals surface area contributed by atoms with Crippen molar-refractivity contribution in [1.82, 2.24) is 0 Å². The highest BCUT2D eigenvalue weighted by atomic mass is 35.5. The molecule has 22 heavy (non-hydrogen) atoms. The van der Waals surface area contributed by atoms with Crippen molar-refractivity contribution in [3.63, 3.8) is 0 Å². The van der Waals surface area contributed by atoms with E-state index in [0.717, 1.165) is 30.3 Å². The van der Waals surface area contributed by atoms with Gasteiger partial charge in [0, 0.05) is 12.1 Å². The lowest BCUT2D eigenvalue weighted by atomic mass is 10.2. The van der Waals surface area contributed by atoms with Gasteiger partial charge in [-0.25, -0.2) is 4.39 Å². The molecule has 0 bridgehead atoms. The Balaban J connectivity index is 2.38. The molecule has 2 rings (SSSR count). The molecule has 0 fully saturated rings. The second-order valence-corrected chi connectivity index (χ2v) is 4.97. The number of amides is 1. The molecular weight excluding hydrogens is 338 g/mol. The van der Waals surface area contributed by atoms with Crippen LogP contribution in [0.25, 0.3) is 0 Å². The van der Waals surface area contributed by atoms with E-state index in [2.05, 4.69) is 5.32 Å². The smallest absolute Gasteiger partial charge is 0.271 e. The molecule has 0 heterocycles. The maximum atomic E-state index is 13.1. The third kappa shape index (κ3) is 3.26. The molecule has 2 aromatic rings. The molecule has 1 amide bonds. The number of nitro benzene ring substituents is 1. The van der Waals surface area contributed by atoms with Crippen LogP contribution in [-0.2, 0) is 0 Å². The second-order valence-electron chi connectivity index (χ2n) is 4.16. The number of anilines is 1. The zero-order chi connectivity index (χ0) is 16.4. The number of nitrogens with zero attached hydrogens (tertiary/aromatic N) is 1. The van der Waals surface area contributed by atoms with E-state index in [1.54, 1.807) is 0 Å². The topological polar surface area (TPSA) is 92.5 Å². The lowest BCUT2D eigenvalue weighted by Gasteiger charge is -2.10. The first kappa shape index (κ1) is 16.0. The fourth-order valence-electron chi connectivity index (χ4n) is 1.68. The van der Waals surface area contributed by atoms with Gasteiger partial charge >= 0.3 is 0 Å². The molecule has 2 N–H and O–H groups in total. The molecule has 0 spiro atoms. The number of carbonyl (C=O) groups excluding carboxylic acids is 1. The number of nitro groups is 1. The molecule has 6 nitrogen and oxygen atoms in total. The van der Waals surface area contributed by atoms with Gasteiger partial charge in [0.05, 0.1) is 26.2 Å². The van der Waals surface area contributed by atoms with E-state index in [0.29, 0.717) is 0 Å². The van der Waals surface area contributed by atoms with Gasteiger partial charge in [0.1, 0.15) is 11.6 Å². The zero-order valence-corrected chi connectivity index (χ0v) is 12.2. The average Bonchev–Trinajstić information content (AvgIpc) is 2.39. The van der Waals surface area contributed by atoms with Gasteiger partial charge in [0.2, 0.25) is 0 Å². The summed E-state index contributed by atoms with van der Waals surface area (Å²) >= 11 is 11.5. The minimum atomic E-state index is -0.842. The van der Waals surface area contributed by atoms with Crippen LogP contribution in [0.1, 0.15) is 10.4 Å². The van der Waals surface area contributed by atoms with Crippen molar-refractivity contribution in [3.05, 3.63) is 61.9 Å². The number of rotatable bonds is 3. The summed E-state index contributed by atoms with van der Waals surface area (Å²) in [5.74, 6) is -1.94. The summed E-state index contributed by atoms with van der Waals surface area (Å²) in [6.45, 7) is 0. The van der Waals surface area contributed by atoms with Crippen LogP contribution in [0.2, 0.25) is 10.0 Å². The number of phenolic OH excluding ortho intramolecular Hbond substituents is 1. The highest BCUT2D eigenvalue weighted by Gasteiger charge is 2.19. The lowest BCUT2D eigenvalue weighted by Crippen LogP contribution is -2.13. The van der Waals surface area contributed by atoms with Crippen LogP contribution in [0.4, 0.5) is 15.8 Å². The van der Waals surface area contributed by atoms with E-state index in [9.17, 15) is 24.4 Å². The monoisotopic (exact) mass is 344 g/mol. The molecule has 0 aliphatic rings. The number of carbonyl (C=O) groups is 1. The molecule has 9 heteroatoms. The average molecular weight is 345 g/mol. The number of nitrogens with one attached hydrogen (secondary N) is 1. The zero-order valence-electron chi connectivity index (χ0n) is 10.6. The first-order chi connectivity index (χ1) is 10.3. The van der Waals surface area contributed by atoms with Crippen molar-refractivity contribution in [2.75, 3.05) is 5.32 Å². The van der Waals surface area contributed by atoms with Crippen LogP contribution < -0.4 is 5.32 Å². The number of hydrogen-bond donors (Lipinski definition) is 2. The van der Waals surface area contributed by atoms with E-state index in [-0.39, 0.29) is 32.7 Å². The predicted molar refractivity (Wildman–Crippen MR) is 79.1 cm³/mol. The van der Waals surface area contributed by atoms with Crippen molar-refractivity contribution in [2.24, 2.45) is 0 Å². The molecule has 0 aliphatic carbocycles. The molecular formula is C13H7Cl2FN2O4. The van der Waals surface area contributed by atoms with Crippen molar-refractivity contribution in [2.45, 2.75) is 0 Å². The van der Waals surface area contributed by atoms with Gasteiger partial charge in [-0.15, -0.1) is 0 Å². The predicted octanol–water partition coefficient (Wildman–Crippen LogP) is 4.00. The molecule has 0 aliphatic heterocycles. The van der Waals surface area contributed by atoms with Crippen molar-refractivity contribution < 1.29 is 19.2 Å². The highest BCUT2D eigenvalue weighted by Crippen LogP contribution is 2.31. The van der Waals surface area contributed by atoms with E-state index in [1.807, 2.05) is 0 Å². The number of benzene rings is 2. The van der Waals surface area contributed by atoms with E-state index in [4.69, 9.17) is 23.2 Å². The van der Waals surface area contributed by atoms with Gasteiger partial charge in [-0.1, -0.05) is 23.2 Å². The summed E-state index contributed by atoms with van der Waals surface area (Å²) in [4.78, 5) is 22.1. The van der Waals surface area contributed by atoms with Crippen molar-refractivity contribution in [1.29, 1.82) is 0 Å². The van der Waals surface area contributed by atoms with Crippen molar-refractivity contribution in [3.8, 4) is 5.75 Å².